The van der Waals surface area contributed by atoms with Crippen LogP contribution in [0.4, 0.5) is 0 Å². The molecule has 0 aliphatic heterocycles. The van der Waals surface area contributed by atoms with E-state index in [2.05, 4.69) is 31.1 Å². The number of oxazole rings is 1. The third-order valence-corrected chi connectivity index (χ3v) is 2.68. The average Bonchev–Trinajstić information content (AvgIpc) is 2.66. The molecule has 0 spiro atoms. The molecule has 19 heavy (non-hydrogen) atoms. The lowest BCUT2D eigenvalue weighted by Gasteiger charge is -2.12. The highest BCUT2D eigenvalue weighted by Crippen LogP contribution is 2.24. The number of nitrogens with one attached hydrogen (secondary N) is 1. The first-order valence-electron chi connectivity index (χ1n) is 6.45. The van der Waals surface area contributed by atoms with Crippen molar-refractivity contribution in [1.82, 2.24) is 10.3 Å². The minimum absolute atomic E-state index is 0.0878. The van der Waals surface area contributed by atoms with Gasteiger partial charge in [0.05, 0.1) is 11.8 Å². The minimum Gasteiger partial charge on any atom is -0.445 e. The molecule has 1 amide bonds. The summed E-state index contributed by atoms with van der Waals surface area (Å²) in [6.07, 6.45) is 1.42. The molecule has 5 nitrogen and oxygen atoms in total. The smallest absolute Gasteiger partial charge is 0.234 e. The van der Waals surface area contributed by atoms with E-state index in [0.29, 0.717) is 6.54 Å². The Bertz CT molecular complexity index is 478. The molecule has 1 rings (SSSR count). The van der Waals surface area contributed by atoms with Crippen LogP contribution in [-0.2, 0) is 16.6 Å². The Balaban J connectivity index is 2.44. The van der Waals surface area contributed by atoms with Gasteiger partial charge in [0, 0.05) is 18.4 Å². The Kier molecular flexibility index (Phi) is 5.11. The molecular formula is C14H21N3O2. The molecule has 5 heteroatoms. The predicted molar refractivity (Wildman–Crippen MR) is 71.5 cm³/mol. The number of hydrogen-bond acceptors (Lipinski definition) is 4. The van der Waals surface area contributed by atoms with Gasteiger partial charge >= 0.3 is 0 Å². The fraction of sp³-hybridized carbons (Fsp3) is 0.643. The maximum absolute atomic E-state index is 11.1. The summed E-state index contributed by atoms with van der Waals surface area (Å²) in [7, 11) is 0. The maximum atomic E-state index is 11.1. The van der Waals surface area contributed by atoms with Gasteiger partial charge in [-0.05, 0) is 13.3 Å². The van der Waals surface area contributed by atoms with E-state index in [9.17, 15) is 4.79 Å². The number of nitriles is 1. The fourth-order valence-electron chi connectivity index (χ4n) is 1.59. The Morgan fingerprint density at radius 1 is 1.47 bits per heavy atom. The van der Waals surface area contributed by atoms with Crippen LogP contribution in [0, 0.1) is 18.3 Å². The van der Waals surface area contributed by atoms with Crippen molar-refractivity contribution in [1.29, 1.82) is 5.26 Å². The predicted octanol–water partition coefficient (Wildman–Crippen LogP) is 2.24. The third kappa shape index (κ3) is 4.74. The minimum atomic E-state index is -0.229. The van der Waals surface area contributed by atoms with Crippen molar-refractivity contribution >= 4 is 5.91 Å². The van der Waals surface area contributed by atoms with Crippen LogP contribution >= 0.6 is 0 Å². The van der Waals surface area contributed by atoms with Gasteiger partial charge in [-0.25, -0.2) is 4.98 Å². The number of amides is 1. The summed E-state index contributed by atoms with van der Waals surface area (Å²) in [5.74, 6) is 1.39. The topological polar surface area (TPSA) is 78.9 Å². The highest BCUT2D eigenvalue weighted by atomic mass is 16.4. The first-order valence-corrected chi connectivity index (χ1v) is 6.45. The van der Waals surface area contributed by atoms with Gasteiger partial charge in [0.25, 0.3) is 0 Å². The van der Waals surface area contributed by atoms with Gasteiger partial charge in [-0.2, -0.15) is 5.26 Å². The van der Waals surface area contributed by atoms with Gasteiger partial charge in [-0.3, -0.25) is 4.79 Å². The van der Waals surface area contributed by atoms with Gasteiger partial charge in [0.15, 0.2) is 5.89 Å². The Labute approximate surface area is 114 Å². The Morgan fingerprint density at radius 2 is 2.16 bits per heavy atom. The molecule has 0 unspecified atom stereocenters. The number of hydrogen-bond donors (Lipinski definition) is 1. The van der Waals surface area contributed by atoms with E-state index in [1.807, 2.05) is 13.0 Å². The largest absolute Gasteiger partial charge is 0.445 e. The van der Waals surface area contributed by atoms with Crippen LogP contribution in [0.2, 0.25) is 0 Å². The summed E-state index contributed by atoms with van der Waals surface area (Å²) in [4.78, 5) is 15.5. The van der Waals surface area contributed by atoms with Gasteiger partial charge < -0.3 is 9.73 Å². The molecule has 0 radical (unpaired) electrons. The van der Waals surface area contributed by atoms with Gasteiger partial charge in [-0.15, -0.1) is 0 Å². The molecule has 0 aliphatic carbocycles. The highest BCUT2D eigenvalue weighted by molar-refractivity contribution is 5.77. The van der Waals surface area contributed by atoms with Crippen molar-refractivity contribution in [2.75, 3.05) is 6.54 Å². The number of aryl methyl sites for hydroxylation is 2. The maximum Gasteiger partial charge on any atom is 0.234 e. The molecular weight excluding hydrogens is 242 g/mol. The average molecular weight is 263 g/mol. The van der Waals surface area contributed by atoms with Crippen molar-refractivity contribution in [3.63, 3.8) is 0 Å². The zero-order chi connectivity index (χ0) is 14.5. The van der Waals surface area contributed by atoms with E-state index in [4.69, 9.17) is 9.68 Å². The van der Waals surface area contributed by atoms with Crippen LogP contribution in [-0.4, -0.2) is 17.4 Å². The summed E-state index contributed by atoms with van der Waals surface area (Å²) < 4.78 is 5.76. The number of rotatable bonds is 5. The second-order valence-electron chi connectivity index (χ2n) is 5.57. The molecule has 104 valence electrons. The second kappa shape index (κ2) is 6.37. The number of nitrogens with zero attached hydrogens (tertiary/aromatic N) is 2. The van der Waals surface area contributed by atoms with E-state index >= 15 is 0 Å². The van der Waals surface area contributed by atoms with Gasteiger partial charge in [0.1, 0.15) is 12.2 Å². The highest BCUT2D eigenvalue weighted by Gasteiger charge is 2.21. The molecule has 0 aromatic carbocycles. The van der Waals surface area contributed by atoms with Crippen LogP contribution in [0.15, 0.2) is 4.42 Å². The van der Waals surface area contributed by atoms with Gasteiger partial charge in [-0.1, -0.05) is 20.8 Å². The standard InChI is InChI=1S/C14H21N3O2/c1-10-11(19-13(17-10)14(2,3)4)6-5-9-16-12(18)7-8-15/h5-7,9H2,1-4H3,(H,16,18). The summed E-state index contributed by atoms with van der Waals surface area (Å²) in [6.45, 7) is 8.66. The molecule has 0 bridgehead atoms. The van der Waals surface area contributed by atoms with Crippen LogP contribution < -0.4 is 5.32 Å². The summed E-state index contributed by atoms with van der Waals surface area (Å²) in [5, 5.41) is 11.0. The molecule has 1 aromatic rings. The van der Waals surface area contributed by atoms with Crippen LogP contribution in [0.1, 0.15) is 51.0 Å². The molecule has 0 atom stereocenters. The Hall–Kier alpha value is -1.83. The zero-order valence-corrected chi connectivity index (χ0v) is 12.0. The summed E-state index contributed by atoms with van der Waals surface area (Å²) in [5.41, 5.74) is 0.817. The first-order chi connectivity index (χ1) is 8.84. The molecule has 0 aliphatic rings. The van der Waals surface area contributed by atoms with E-state index in [1.54, 1.807) is 0 Å². The molecule has 0 saturated heterocycles. The number of carbonyl (C=O) groups is 1. The lowest BCUT2D eigenvalue weighted by molar-refractivity contribution is -0.120. The van der Waals surface area contributed by atoms with Gasteiger partial charge in [0.2, 0.25) is 5.91 Å². The summed E-state index contributed by atoms with van der Waals surface area (Å²) in [6, 6.07) is 1.81. The van der Waals surface area contributed by atoms with Crippen LogP contribution in [0.25, 0.3) is 0 Å². The molecule has 1 aromatic heterocycles. The van der Waals surface area contributed by atoms with E-state index < -0.39 is 0 Å². The normalized spacial score (nSPS) is 11.1. The fourth-order valence-corrected chi connectivity index (χ4v) is 1.59. The third-order valence-electron chi connectivity index (χ3n) is 2.68. The van der Waals surface area contributed by atoms with E-state index in [-0.39, 0.29) is 17.7 Å². The SMILES string of the molecule is Cc1nc(C(C)(C)C)oc1CCCNC(=O)CC#N. The van der Waals surface area contributed by atoms with E-state index in [0.717, 1.165) is 30.2 Å². The first kappa shape index (κ1) is 15.2. The van der Waals surface area contributed by atoms with Crippen molar-refractivity contribution in [2.24, 2.45) is 0 Å². The molecule has 0 saturated carbocycles. The molecule has 0 fully saturated rings. The monoisotopic (exact) mass is 263 g/mol. The lowest BCUT2D eigenvalue weighted by atomic mass is 9.97. The molecule has 1 N–H and O–H groups in total. The van der Waals surface area contributed by atoms with Crippen LogP contribution in [0.3, 0.4) is 0 Å². The summed E-state index contributed by atoms with van der Waals surface area (Å²) >= 11 is 0. The quantitative estimate of drug-likeness (QED) is 0.826. The zero-order valence-electron chi connectivity index (χ0n) is 12.0. The molecule has 1 heterocycles. The van der Waals surface area contributed by atoms with Crippen molar-refractivity contribution in [2.45, 2.75) is 52.4 Å². The van der Waals surface area contributed by atoms with Crippen molar-refractivity contribution in [3.05, 3.63) is 17.3 Å². The van der Waals surface area contributed by atoms with Crippen molar-refractivity contribution < 1.29 is 9.21 Å². The Morgan fingerprint density at radius 3 is 2.68 bits per heavy atom. The van der Waals surface area contributed by atoms with Crippen molar-refractivity contribution in [3.8, 4) is 6.07 Å². The number of aromatic nitrogens is 1. The lowest BCUT2D eigenvalue weighted by Crippen LogP contribution is -2.23. The second-order valence-corrected chi connectivity index (χ2v) is 5.57. The number of carbonyl (C=O) groups excluding carboxylic acids is 1. The van der Waals surface area contributed by atoms with Crippen LogP contribution in [0.5, 0.6) is 0 Å². The van der Waals surface area contributed by atoms with E-state index in [1.165, 1.54) is 0 Å².